The Morgan fingerprint density at radius 1 is 1.47 bits per heavy atom. The third-order valence-corrected chi connectivity index (χ3v) is 3.51. The summed E-state index contributed by atoms with van der Waals surface area (Å²) >= 11 is 0. The topological polar surface area (TPSA) is 71.3 Å². The Bertz CT molecular complexity index is 593. The van der Waals surface area contributed by atoms with Crippen LogP contribution in [0.15, 0.2) is 30.5 Å². The zero-order valence-corrected chi connectivity index (χ0v) is 10.6. The minimum atomic E-state index is -0.279. The van der Waals surface area contributed by atoms with Crippen LogP contribution in [-0.2, 0) is 11.3 Å². The fraction of sp³-hybridized carbons (Fsp3) is 0.357. The standard InChI is InChI=1S/C14H17N3O2/c15-11-5-6-17(8-11)14(18)19-9-10-7-16-13-4-2-1-3-12(10)13/h1-4,7,11,16H,5-6,8-9,15H2. The predicted octanol–water partition coefficient (Wildman–Crippen LogP) is 1.84. The molecule has 19 heavy (non-hydrogen) atoms. The Morgan fingerprint density at radius 3 is 3.11 bits per heavy atom. The Morgan fingerprint density at radius 2 is 2.32 bits per heavy atom. The lowest BCUT2D eigenvalue weighted by atomic mass is 10.2. The molecule has 1 aromatic heterocycles. The summed E-state index contributed by atoms with van der Waals surface area (Å²) in [6.07, 6.45) is 2.45. The maximum atomic E-state index is 11.9. The van der Waals surface area contributed by atoms with Gasteiger partial charge in [-0.05, 0) is 12.5 Å². The number of H-pyrrole nitrogens is 1. The Labute approximate surface area is 111 Å². The summed E-state index contributed by atoms with van der Waals surface area (Å²) in [5, 5.41) is 1.09. The van der Waals surface area contributed by atoms with Crippen LogP contribution >= 0.6 is 0 Å². The van der Waals surface area contributed by atoms with Gasteiger partial charge in [-0.1, -0.05) is 18.2 Å². The minimum absolute atomic E-state index is 0.0839. The highest BCUT2D eigenvalue weighted by molar-refractivity contribution is 5.83. The van der Waals surface area contributed by atoms with E-state index in [1.54, 1.807) is 4.90 Å². The molecule has 5 nitrogen and oxygen atoms in total. The highest BCUT2D eigenvalue weighted by Crippen LogP contribution is 2.19. The third kappa shape index (κ3) is 2.42. The molecule has 3 N–H and O–H groups in total. The van der Waals surface area contributed by atoms with E-state index < -0.39 is 0 Å². The minimum Gasteiger partial charge on any atom is -0.444 e. The molecule has 100 valence electrons. The SMILES string of the molecule is NC1CCN(C(=O)OCc2c[nH]c3ccccc23)C1. The fourth-order valence-corrected chi connectivity index (χ4v) is 2.43. The van der Waals surface area contributed by atoms with Gasteiger partial charge in [0.25, 0.3) is 0 Å². The molecule has 1 atom stereocenters. The van der Waals surface area contributed by atoms with E-state index in [1.165, 1.54) is 0 Å². The number of hydrogen-bond donors (Lipinski definition) is 2. The van der Waals surface area contributed by atoms with E-state index in [0.717, 1.165) is 22.9 Å². The lowest BCUT2D eigenvalue weighted by Gasteiger charge is -2.15. The molecule has 1 fully saturated rings. The fourth-order valence-electron chi connectivity index (χ4n) is 2.43. The number of carbonyl (C=O) groups excluding carboxylic acids is 1. The number of rotatable bonds is 2. The van der Waals surface area contributed by atoms with E-state index in [1.807, 2.05) is 30.5 Å². The number of amides is 1. The maximum absolute atomic E-state index is 11.9. The van der Waals surface area contributed by atoms with Crippen molar-refractivity contribution in [2.45, 2.75) is 19.1 Å². The second kappa shape index (κ2) is 4.93. The number of likely N-dealkylation sites (tertiary alicyclic amines) is 1. The molecule has 1 amide bonds. The number of nitrogens with two attached hydrogens (primary N) is 1. The van der Waals surface area contributed by atoms with Gasteiger partial charge in [-0.2, -0.15) is 0 Å². The van der Waals surface area contributed by atoms with Gasteiger partial charge in [0.2, 0.25) is 0 Å². The van der Waals surface area contributed by atoms with Gasteiger partial charge in [-0.25, -0.2) is 4.79 Å². The van der Waals surface area contributed by atoms with Gasteiger partial charge in [-0.15, -0.1) is 0 Å². The van der Waals surface area contributed by atoms with Crippen LogP contribution in [0.5, 0.6) is 0 Å². The summed E-state index contributed by atoms with van der Waals surface area (Å²) in [5.41, 5.74) is 7.82. The lowest BCUT2D eigenvalue weighted by molar-refractivity contribution is 0.104. The van der Waals surface area contributed by atoms with Crippen molar-refractivity contribution in [1.82, 2.24) is 9.88 Å². The molecule has 3 rings (SSSR count). The summed E-state index contributed by atoms with van der Waals surface area (Å²) in [7, 11) is 0. The van der Waals surface area contributed by atoms with Crippen LogP contribution in [0, 0.1) is 0 Å². The van der Waals surface area contributed by atoms with Crippen LogP contribution in [-0.4, -0.2) is 35.1 Å². The molecule has 1 saturated heterocycles. The van der Waals surface area contributed by atoms with Crippen molar-refractivity contribution in [3.63, 3.8) is 0 Å². The van der Waals surface area contributed by atoms with Gasteiger partial charge in [0.15, 0.2) is 0 Å². The predicted molar refractivity (Wildman–Crippen MR) is 72.6 cm³/mol. The first-order valence-corrected chi connectivity index (χ1v) is 6.46. The summed E-state index contributed by atoms with van der Waals surface area (Å²) in [4.78, 5) is 16.7. The second-order valence-corrected chi connectivity index (χ2v) is 4.91. The van der Waals surface area contributed by atoms with Crippen LogP contribution in [0.25, 0.3) is 10.9 Å². The largest absolute Gasteiger partial charge is 0.444 e. The number of para-hydroxylation sites is 1. The Kier molecular flexibility index (Phi) is 3.13. The zero-order chi connectivity index (χ0) is 13.2. The van der Waals surface area contributed by atoms with E-state index >= 15 is 0 Å². The average Bonchev–Trinajstić information content (AvgIpc) is 3.02. The van der Waals surface area contributed by atoms with Crippen molar-refractivity contribution in [2.24, 2.45) is 5.73 Å². The summed E-state index contributed by atoms with van der Waals surface area (Å²) < 4.78 is 5.34. The first-order chi connectivity index (χ1) is 9.24. The van der Waals surface area contributed by atoms with E-state index in [2.05, 4.69) is 4.98 Å². The van der Waals surface area contributed by atoms with Crippen molar-refractivity contribution in [2.75, 3.05) is 13.1 Å². The summed E-state index contributed by atoms with van der Waals surface area (Å²) in [5.74, 6) is 0. The van der Waals surface area contributed by atoms with Crippen molar-refractivity contribution < 1.29 is 9.53 Å². The molecule has 1 aliphatic rings. The molecular weight excluding hydrogens is 242 g/mol. The number of fused-ring (bicyclic) bond motifs is 1. The van der Waals surface area contributed by atoms with E-state index in [0.29, 0.717) is 13.1 Å². The van der Waals surface area contributed by atoms with Crippen molar-refractivity contribution >= 4 is 17.0 Å². The maximum Gasteiger partial charge on any atom is 0.410 e. The van der Waals surface area contributed by atoms with Crippen LogP contribution < -0.4 is 5.73 Å². The third-order valence-electron chi connectivity index (χ3n) is 3.51. The molecule has 0 spiro atoms. The van der Waals surface area contributed by atoms with Gasteiger partial charge in [-0.3, -0.25) is 0 Å². The quantitative estimate of drug-likeness (QED) is 0.864. The highest BCUT2D eigenvalue weighted by atomic mass is 16.6. The molecular formula is C14H17N3O2. The Hall–Kier alpha value is -2.01. The number of ether oxygens (including phenoxy) is 1. The molecule has 2 aromatic rings. The number of aromatic nitrogens is 1. The Balaban J connectivity index is 1.64. The summed E-state index contributed by atoms with van der Waals surface area (Å²) in [6, 6.07) is 8.04. The van der Waals surface area contributed by atoms with E-state index in [4.69, 9.17) is 10.5 Å². The molecule has 0 radical (unpaired) electrons. The molecule has 2 heterocycles. The van der Waals surface area contributed by atoms with Crippen molar-refractivity contribution in [3.8, 4) is 0 Å². The van der Waals surface area contributed by atoms with E-state index in [-0.39, 0.29) is 18.7 Å². The van der Waals surface area contributed by atoms with Crippen LogP contribution in [0.1, 0.15) is 12.0 Å². The number of hydrogen-bond acceptors (Lipinski definition) is 3. The molecule has 1 unspecified atom stereocenters. The highest BCUT2D eigenvalue weighted by Gasteiger charge is 2.24. The molecule has 1 aromatic carbocycles. The molecule has 0 bridgehead atoms. The number of nitrogens with one attached hydrogen (secondary N) is 1. The van der Waals surface area contributed by atoms with Gasteiger partial charge in [0.05, 0.1) is 0 Å². The monoisotopic (exact) mass is 259 g/mol. The first kappa shape index (κ1) is 12.0. The number of carbonyl (C=O) groups is 1. The molecule has 0 aliphatic carbocycles. The number of aromatic amines is 1. The van der Waals surface area contributed by atoms with E-state index in [9.17, 15) is 4.79 Å². The normalized spacial score (nSPS) is 19.0. The number of nitrogens with zero attached hydrogens (tertiary/aromatic N) is 1. The van der Waals surface area contributed by atoms with Gasteiger partial charge in [0.1, 0.15) is 6.61 Å². The second-order valence-electron chi connectivity index (χ2n) is 4.91. The lowest BCUT2D eigenvalue weighted by Crippen LogP contribution is -2.32. The summed E-state index contributed by atoms with van der Waals surface area (Å²) in [6.45, 7) is 1.56. The first-order valence-electron chi connectivity index (χ1n) is 6.46. The van der Waals surface area contributed by atoms with Gasteiger partial charge < -0.3 is 20.4 Å². The molecule has 1 aliphatic heterocycles. The molecule has 5 heteroatoms. The molecule has 0 saturated carbocycles. The smallest absolute Gasteiger partial charge is 0.410 e. The van der Waals surface area contributed by atoms with Crippen LogP contribution in [0.3, 0.4) is 0 Å². The van der Waals surface area contributed by atoms with Gasteiger partial charge in [0, 0.05) is 41.8 Å². The van der Waals surface area contributed by atoms with Gasteiger partial charge >= 0.3 is 6.09 Å². The zero-order valence-electron chi connectivity index (χ0n) is 10.6. The van der Waals surface area contributed by atoms with Crippen molar-refractivity contribution in [1.29, 1.82) is 0 Å². The van der Waals surface area contributed by atoms with Crippen molar-refractivity contribution in [3.05, 3.63) is 36.0 Å². The van der Waals surface area contributed by atoms with Crippen LogP contribution in [0.2, 0.25) is 0 Å². The number of benzene rings is 1. The van der Waals surface area contributed by atoms with Crippen LogP contribution in [0.4, 0.5) is 4.79 Å². The average molecular weight is 259 g/mol.